The van der Waals surface area contributed by atoms with E-state index in [1.54, 1.807) is 22.7 Å². The van der Waals surface area contributed by atoms with Crippen LogP contribution in [0.1, 0.15) is 57.4 Å². The summed E-state index contributed by atoms with van der Waals surface area (Å²) in [4.78, 5) is 46.2. The first-order chi connectivity index (χ1) is 20.3. The molecule has 2 bridgehead atoms. The summed E-state index contributed by atoms with van der Waals surface area (Å²) in [5.74, 6) is -2.04. The molecule has 3 unspecified atom stereocenters. The normalized spacial score (nSPS) is 28.4. The van der Waals surface area contributed by atoms with Crippen molar-refractivity contribution in [1.29, 1.82) is 0 Å². The van der Waals surface area contributed by atoms with E-state index in [1.165, 1.54) is 0 Å². The molecular weight excluding hydrogens is 616 g/mol. The summed E-state index contributed by atoms with van der Waals surface area (Å²) in [5, 5.41) is 10.5. The lowest BCUT2D eigenvalue weighted by molar-refractivity contribution is -0.154. The second-order valence-corrected chi connectivity index (χ2v) is 14.4. The largest absolute Gasteiger partial charge is 0.465 e. The van der Waals surface area contributed by atoms with Crippen LogP contribution in [0.5, 0.6) is 0 Å². The number of esters is 1. The number of amides is 2. The fraction of sp³-hybridized carbons (Fsp3) is 0.606. The number of fused-ring (bicyclic) bond motifs is 1. The van der Waals surface area contributed by atoms with E-state index >= 15 is 0 Å². The van der Waals surface area contributed by atoms with Crippen molar-refractivity contribution in [2.75, 3.05) is 26.3 Å². The molecule has 7 nitrogen and oxygen atoms in total. The quantitative estimate of drug-likeness (QED) is 0.108. The van der Waals surface area contributed by atoms with Gasteiger partial charge in [-0.05, 0) is 44.1 Å². The lowest BCUT2D eigenvalue weighted by atomic mass is 9.71. The number of benzene rings is 1. The number of nitrogens with zero attached hydrogens (tertiary/aromatic N) is 2. The maximum absolute atomic E-state index is 14.6. The van der Waals surface area contributed by atoms with Gasteiger partial charge in [-0.3, -0.25) is 14.4 Å². The van der Waals surface area contributed by atoms with E-state index in [2.05, 4.69) is 36.0 Å². The molecule has 3 saturated heterocycles. The van der Waals surface area contributed by atoms with Crippen molar-refractivity contribution in [3.8, 4) is 0 Å². The molecule has 1 spiro atoms. The number of halogens is 1. The van der Waals surface area contributed by atoms with E-state index in [-0.39, 0.29) is 34.5 Å². The first-order valence-electron chi connectivity index (χ1n) is 15.3. The molecule has 1 aromatic carbocycles. The van der Waals surface area contributed by atoms with Crippen LogP contribution in [0.15, 0.2) is 55.6 Å². The van der Waals surface area contributed by atoms with Gasteiger partial charge in [0, 0.05) is 23.2 Å². The highest BCUT2D eigenvalue weighted by Crippen LogP contribution is 2.68. The number of rotatable bonds is 17. The molecule has 9 heteroatoms. The van der Waals surface area contributed by atoms with Crippen molar-refractivity contribution in [2.45, 2.75) is 85.2 Å². The van der Waals surface area contributed by atoms with Crippen LogP contribution < -0.4 is 0 Å². The van der Waals surface area contributed by atoms with Gasteiger partial charge in [-0.2, -0.15) is 0 Å². The number of unbranched alkanes of at least 4 members (excludes halogenated alkanes) is 4. The molecule has 3 aliphatic rings. The van der Waals surface area contributed by atoms with E-state index in [0.29, 0.717) is 32.5 Å². The molecule has 2 amide bonds. The minimum Gasteiger partial charge on any atom is -0.465 e. The molecule has 3 aliphatic heterocycles. The zero-order chi connectivity index (χ0) is 30.3. The Morgan fingerprint density at radius 2 is 1.98 bits per heavy atom. The van der Waals surface area contributed by atoms with E-state index in [0.717, 1.165) is 44.1 Å². The summed E-state index contributed by atoms with van der Waals surface area (Å²) in [6.45, 7) is 10.7. The van der Waals surface area contributed by atoms with Crippen LogP contribution in [-0.4, -0.2) is 85.9 Å². The zero-order valence-corrected chi connectivity index (χ0v) is 27.1. The van der Waals surface area contributed by atoms with Crippen molar-refractivity contribution in [3.05, 3.63) is 61.2 Å². The van der Waals surface area contributed by atoms with Gasteiger partial charge in [0.1, 0.15) is 6.04 Å². The summed E-state index contributed by atoms with van der Waals surface area (Å²) in [5.41, 5.74) is 0.974. The number of aliphatic hydroxyl groups is 1. The van der Waals surface area contributed by atoms with Gasteiger partial charge >= 0.3 is 5.97 Å². The van der Waals surface area contributed by atoms with Crippen LogP contribution in [-0.2, 0) is 25.5 Å². The van der Waals surface area contributed by atoms with Crippen LogP contribution >= 0.6 is 27.7 Å². The summed E-state index contributed by atoms with van der Waals surface area (Å²) in [6.07, 6.45) is 9.94. The second kappa shape index (κ2) is 15.1. The molecule has 7 atom stereocenters. The molecule has 0 radical (unpaired) electrons. The number of ether oxygens (including phenoxy) is 1. The third kappa shape index (κ3) is 6.53. The molecule has 3 fully saturated rings. The molecule has 1 N–H and O–H groups in total. The fourth-order valence-electron chi connectivity index (χ4n) is 6.98. The Morgan fingerprint density at radius 3 is 2.64 bits per heavy atom. The number of allylic oxidation sites excluding steroid dienone is 1. The second-order valence-electron chi connectivity index (χ2n) is 11.7. The molecule has 0 saturated carbocycles. The summed E-state index contributed by atoms with van der Waals surface area (Å²) >= 11 is 5.43. The van der Waals surface area contributed by atoms with Crippen LogP contribution in [0.4, 0.5) is 0 Å². The highest BCUT2D eigenvalue weighted by Gasteiger charge is 2.76. The van der Waals surface area contributed by atoms with Crippen molar-refractivity contribution in [3.63, 3.8) is 0 Å². The number of carbonyl (C=O) groups is 3. The molecule has 3 heterocycles. The maximum Gasteiger partial charge on any atom is 0.310 e. The Labute approximate surface area is 263 Å². The van der Waals surface area contributed by atoms with Crippen LogP contribution in [0.3, 0.4) is 0 Å². The first-order valence-corrected chi connectivity index (χ1v) is 17.1. The molecule has 0 aliphatic carbocycles. The average molecular weight is 662 g/mol. The Hall–Kier alpha value is -2.10. The van der Waals surface area contributed by atoms with E-state index in [1.807, 2.05) is 41.3 Å². The summed E-state index contributed by atoms with van der Waals surface area (Å²) in [7, 11) is 0. The number of alkyl halides is 1. The highest BCUT2D eigenvalue weighted by molar-refractivity contribution is 9.09. The highest BCUT2D eigenvalue weighted by atomic mass is 79.9. The number of hydrogen-bond acceptors (Lipinski definition) is 6. The van der Waals surface area contributed by atoms with Crippen molar-refractivity contribution >= 4 is 45.5 Å². The number of aliphatic hydroxyl groups excluding tert-OH is 1. The van der Waals surface area contributed by atoms with Crippen molar-refractivity contribution in [1.82, 2.24) is 9.80 Å². The van der Waals surface area contributed by atoms with Gasteiger partial charge in [-0.25, -0.2) is 0 Å². The van der Waals surface area contributed by atoms with Crippen molar-refractivity contribution < 1.29 is 24.2 Å². The number of likely N-dealkylation sites (tertiary alicyclic amines) is 1. The molecule has 1 aromatic rings. The minimum atomic E-state index is -0.794. The summed E-state index contributed by atoms with van der Waals surface area (Å²) in [6, 6.07) is 8.33. The third-order valence-electron chi connectivity index (χ3n) is 8.89. The third-order valence-corrected chi connectivity index (χ3v) is 12.1. The number of hydrogen-bond donors (Lipinski definition) is 1. The Morgan fingerprint density at radius 1 is 1.21 bits per heavy atom. The molecular formula is C33H45BrN2O5S. The van der Waals surface area contributed by atoms with E-state index < -0.39 is 28.7 Å². The monoisotopic (exact) mass is 660 g/mol. The van der Waals surface area contributed by atoms with Gasteiger partial charge in [0.2, 0.25) is 11.8 Å². The Bertz CT molecular complexity index is 1120. The molecule has 42 heavy (non-hydrogen) atoms. The van der Waals surface area contributed by atoms with E-state index in [9.17, 15) is 19.5 Å². The summed E-state index contributed by atoms with van der Waals surface area (Å²) < 4.78 is 4.97. The Balaban J connectivity index is 1.70. The lowest BCUT2D eigenvalue weighted by Gasteiger charge is -2.40. The van der Waals surface area contributed by atoms with Crippen LogP contribution in [0.25, 0.3) is 0 Å². The van der Waals surface area contributed by atoms with Crippen molar-refractivity contribution in [2.24, 2.45) is 11.8 Å². The Kier molecular flexibility index (Phi) is 11.8. The fourth-order valence-corrected chi connectivity index (χ4v) is 10.6. The van der Waals surface area contributed by atoms with Crippen LogP contribution in [0, 0.1) is 11.8 Å². The number of carbonyl (C=O) groups excluding carboxylic acids is 3. The van der Waals surface area contributed by atoms with Gasteiger partial charge in [0.25, 0.3) is 0 Å². The standard InChI is InChI=1S/C33H45BrN2O5S/c1-4-7-9-14-19-41-32(40)26-27-30(38)36(24(22-37)20-23-15-11-10-12-16-23)29(33(27)21-25(34)28(26)42-33)31(39)35(17-6-3)18-13-8-5-2/h4,6,10-12,15-16,24-29,37H,1,3,5,7-9,13-14,17-22H2,2H3/t24-,25?,26-,27+,28-,29?,33?/m1/s1. The predicted octanol–water partition coefficient (Wildman–Crippen LogP) is 5.16. The average Bonchev–Trinajstić information content (AvgIpc) is 3.59. The van der Waals surface area contributed by atoms with Crippen LogP contribution in [0.2, 0.25) is 0 Å². The minimum absolute atomic E-state index is 0.0326. The SMILES string of the molecule is C=CCCCCOC(=O)[C@H]1[C@@H]2SC3(CC2Br)C(C(=O)N(CC=C)CCCCC)N([C@@H](CO)Cc2ccccc2)C(=O)[C@H]13. The lowest BCUT2D eigenvalue weighted by Crippen LogP contribution is -2.58. The first kappa shape index (κ1) is 32.8. The zero-order valence-electron chi connectivity index (χ0n) is 24.7. The molecule has 4 rings (SSSR count). The maximum atomic E-state index is 14.6. The van der Waals surface area contributed by atoms with Gasteiger partial charge in [-0.1, -0.05) is 78.2 Å². The van der Waals surface area contributed by atoms with Gasteiger partial charge in [-0.15, -0.1) is 24.9 Å². The topological polar surface area (TPSA) is 87.2 Å². The van der Waals surface area contributed by atoms with Gasteiger partial charge in [0.15, 0.2) is 0 Å². The number of thioether (sulfide) groups is 1. The van der Waals surface area contributed by atoms with Gasteiger partial charge in [0.05, 0.1) is 35.8 Å². The molecule has 230 valence electrons. The molecule has 0 aromatic heterocycles. The smallest absolute Gasteiger partial charge is 0.310 e. The van der Waals surface area contributed by atoms with Gasteiger partial charge < -0.3 is 19.6 Å². The van der Waals surface area contributed by atoms with E-state index in [4.69, 9.17) is 4.74 Å². The predicted molar refractivity (Wildman–Crippen MR) is 171 cm³/mol.